The standard InChI is InChI=1S/C16H20N2O2S/c1-4-12-5-6-13(21-12)9-17-15-8-11(16(19)20)7-14(18-15)10(2)3/h5-8,10H,4,9H2,1-3H3,(H,17,18)(H,19,20). The molecule has 5 heteroatoms. The molecule has 4 nitrogen and oxygen atoms in total. The number of pyridine rings is 1. The number of aromatic nitrogens is 1. The Hall–Kier alpha value is -1.88. The maximum absolute atomic E-state index is 11.2. The number of aryl methyl sites for hydroxylation is 1. The molecule has 2 aromatic rings. The van der Waals surface area contributed by atoms with Crippen molar-refractivity contribution in [2.45, 2.75) is 39.7 Å². The highest BCUT2D eigenvalue weighted by molar-refractivity contribution is 7.12. The van der Waals surface area contributed by atoms with E-state index in [1.165, 1.54) is 9.75 Å². The number of nitrogens with one attached hydrogen (secondary N) is 1. The largest absolute Gasteiger partial charge is 0.478 e. The first-order chi connectivity index (χ1) is 9.99. The molecular formula is C16H20N2O2S. The molecule has 2 N–H and O–H groups in total. The van der Waals surface area contributed by atoms with Crippen LogP contribution in [0.3, 0.4) is 0 Å². The lowest BCUT2D eigenvalue weighted by atomic mass is 10.1. The van der Waals surface area contributed by atoms with Gasteiger partial charge in [-0.25, -0.2) is 9.78 Å². The molecular weight excluding hydrogens is 284 g/mol. The number of rotatable bonds is 6. The van der Waals surface area contributed by atoms with Crippen molar-refractivity contribution in [3.63, 3.8) is 0 Å². The molecule has 0 aliphatic carbocycles. The lowest BCUT2D eigenvalue weighted by Crippen LogP contribution is -2.06. The van der Waals surface area contributed by atoms with E-state index in [1.807, 2.05) is 13.8 Å². The Morgan fingerprint density at radius 1 is 1.33 bits per heavy atom. The van der Waals surface area contributed by atoms with Gasteiger partial charge in [0.1, 0.15) is 5.82 Å². The summed E-state index contributed by atoms with van der Waals surface area (Å²) in [5.74, 6) is -0.116. The van der Waals surface area contributed by atoms with Gasteiger partial charge in [-0.3, -0.25) is 0 Å². The average Bonchev–Trinajstić information content (AvgIpc) is 2.92. The first-order valence-corrected chi connectivity index (χ1v) is 7.88. The van der Waals surface area contributed by atoms with Gasteiger partial charge < -0.3 is 10.4 Å². The van der Waals surface area contributed by atoms with E-state index in [-0.39, 0.29) is 11.5 Å². The number of hydrogen-bond donors (Lipinski definition) is 2. The number of carboxylic acid groups (broad SMARTS) is 1. The second-order valence-corrected chi connectivity index (χ2v) is 6.45. The number of carbonyl (C=O) groups is 1. The minimum Gasteiger partial charge on any atom is -0.478 e. The van der Waals surface area contributed by atoms with Gasteiger partial charge in [-0.05, 0) is 36.6 Å². The van der Waals surface area contributed by atoms with E-state index in [2.05, 4.69) is 29.4 Å². The van der Waals surface area contributed by atoms with Crippen LogP contribution in [0.25, 0.3) is 0 Å². The highest BCUT2D eigenvalue weighted by atomic mass is 32.1. The highest BCUT2D eigenvalue weighted by Gasteiger charge is 2.11. The van der Waals surface area contributed by atoms with Crippen molar-refractivity contribution in [3.05, 3.63) is 45.3 Å². The fourth-order valence-electron chi connectivity index (χ4n) is 1.95. The SMILES string of the molecule is CCc1ccc(CNc2cc(C(=O)O)cc(C(C)C)n2)s1. The van der Waals surface area contributed by atoms with Crippen molar-refractivity contribution in [1.82, 2.24) is 4.98 Å². The van der Waals surface area contributed by atoms with Crippen LogP contribution >= 0.6 is 11.3 Å². The van der Waals surface area contributed by atoms with E-state index in [1.54, 1.807) is 23.5 Å². The smallest absolute Gasteiger partial charge is 0.335 e. The number of nitrogens with zero attached hydrogens (tertiary/aromatic N) is 1. The molecule has 0 fully saturated rings. The van der Waals surface area contributed by atoms with Gasteiger partial charge in [0.15, 0.2) is 0 Å². The van der Waals surface area contributed by atoms with Gasteiger partial charge in [-0.2, -0.15) is 0 Å². The fraction of sp³-hybridized carbons (Fsp3) is 0.375. The number of thiophene rings is 1. The van der Waals surface area contributed by atoms with Crippen molar-refractivity contribution >= 4 is 23.1 Å². The zero-order valence-electron chi connectivity index (χ0n) is 12.5. The number of aromatic carboxylic acids is 1. The van der Waals surface area contributed by atoms with E-state index in [0.29, 0.717) is 12.4 Å². The monoisotopic (exact) mass is 304 g/mol. The molecule has 0 aromatic carbocycles. The van der Waals surface area contributed by atoms with E-state index in [9.17, 15) is 9.90 Å². The summed E-state index contributed by atoms with van der Waals surface area (Å²) in [5.41, 5.74) is 1.06. The van der Waals surface area contributed by atoms with Crippen LogP contribution < -0.4 is 5.32 Å². The third-order valence-corrected chi connectivity index (χ3v) is 4.42. The maximum atomic E-state index is 11.2. The quantitative estimate of drug-likeness (QED) is 0.842. The Kier molecular flexibility index (Phi) is 4.96. The molecule has 2 rings (SSSR count). The Balaban J connectivity index is 2.16. The molecule has 0 atom stereocenters. The highest BCUT2D eigenvalue weighted by Crippen LogP contribution is 2.20. The van der Waals surface area contributed by atoms with Crippen LogP contribution in [0.2, 0.25) is 0 Å². The molecule has 21 heavy (non-hydrogen) atoms. The van der Waals surface area contributed by atoms with E-state index >= 15 is 0 Å². The van der Waals surface area contributed by atoms with Crippen LogP contribution in [0, 0.1) is 0 Å². The number of carboxylic acids is 1. The lowest BCUT2D eigenvalue weighted by molar-refractivity contribution is 0.0696. The molecule has 0 aliphatic heterocycles. The predicted octanol–water partition coefficient (Wildman–Crippen LogP) is 4.14. The van der Waals surface area contributed by atoms with Gasteiger partial charge in [0.2, 0.25) is 0 Å². The summed E-state index contributed by atoms with van der Waals surface area (Å²) in [4.78, 5) is 18.3. The third-order valence-electron chi connectivity index (χ3n) is 3.19. The Morgan fingerprint density at radius 2 is 2.05 bits per heavy atom. The summed E-state index contributed by atoms with van der Waals surface area (Å²) in [7, 11) is 0. The van der Waals surface area contributed by atoms with Gasteiger partial charge in [0.05, 0.1) is 12.1 Å². The van der Waals surface area contributed by atoms with Crippen LogP contribution in [0.1, 0.15) is 52.5 Å². The zero-order chi connectivity index (χ0) is 15.4. The third kappa shape index (κ3) is 4.04. The van der Waals surface area contributed by atoms with Crippen molar-refractivity contribution in [2.24, 2.45) is 0 Å². The fourth-order valence-corrected chi connectivity index (χ4v) is 2.84. The molecule has 2 aromatic heterocycles. The molecule has 0 radical (unpaired) electrons. The number of hydrogen-bond acceptors (Lipinski definition) is 4. The van der Waals surface area contributed by atoms with Crippen LogP contribution in [-0.2, 0) is 13.0 Å². The summed E-state index contributed by atoms with van der Waals surface area (Å²) in [6, 6.07) is 7.45. The molecule has 0 saturated carbocycles. The van der Waals surface area contributed by atoms with Crippen LogP contribution in [0.5, 0.6) is 0 Å². The molecule has 0 spiro atoms. The first kappa shape index (κ1) is 15.5. The summed E-state index contributed by atoms with van der Waals surface area (Å²) in [6.07, 6.45) is 1.04. The molecule has 0 saturated heterocycles. The van der Waals surface area contributed by atoms with E-state index in [0.717, 1.165) is 12.1 Å². The molecule has 2 heterocycles. The Morgan fingerprint density at radius 3 is 2.62 bits per heavy atom. The average molecular weight is 304 g/mol. The van der Waals surface area contributed by atoms with E-state index in [4.69, 9.17) is 0 Å². The van der Waals surface area contributed by atoms with Crippen LogP contribution in [0.4, 0.5) is 5.82 Å². The summed E-state index contributed by atoms with van der Waals surface area (Å²) >= 11 is 1.77. The van der Waals surface area contributed by atoms with Crippen molar-refractivity contribution in [3.8, 4) is 0 Å². The first-order valence-electron chi connectivity index (χ1n) is 7.06. The lowest BCUT2D eigenvalue weighted by Gasteiger charge is -2.10. The zero-order valence-corrected chi connectivity index (χ0v) is 13.3. The van der Waals surface area contributed by atoms with Gasteiger partial charge in [-0.1, -0.05) is 20.8 Å². The second-order valence-electron chi connectivity index (χ2n) is 5.20. The Bertz CT molecular complexity index is 635. The molecule has 112 valence electrons. The van der Waals surface area contributed by atoms with Gasteiger partial charge >= 0.3 is 5.97 Å². The van der Waals surface area contributed by atoms with Gasteiger partial charge in [0, 0.05) is 15.4 Å². The van der Waals surface area contributed by atoms with Gasteiger partial charge in [0.25, 0.3) is 0 Å². The second kappa shape index (κ2) is 6.72. The molecule has 0 aliphatic rings. The summed E-state index contributed by atoms with van der Waals surface area (Å²) < 4.78 is 0. The minimum atomic E-state index is -0.924. The maximum Gasteiger partial charge on any atom is 0.335 e. The van der Waals surface area contributed by atoms with Gasteiger partial charge in [-0.15, -0.1) is 11.3 Å². The normalized spacial score (nSPS) is 10.9. The molecule has 0 bridgehead atoms. The van der Waals surface area contributed by atoms with Crippen LogP contribution in [0.15, 0.2) is 24.3 Å². The van der Waals surface area contributed by atoms with E-state index < -0.39 is 5.97 Å². The van der Waals surface area contributed by atoms with Crippen molar-refractivity contribution in [2.75, 3.05) is 5.32 Å². The molecule has 0 unspecified atom stereocenters. The predicted molar refractivity (Wildman–Crippen MR) is 86.3 cm³/mol. The minimum absolute atomic E-state index is 0.193. The number of anilines is 1. The summed E-state index contributed by atoms with van der Waals surface area (Å²) in [5, 5.41) is 12.4. The summed E-state index contributed by atoms with van der Waals surface area (Å²) in [6.45, 7) is 6.81. The Labute approximate surface area is 128 Å². The molecule has 0 amide bonds. The van der Waals surface area contributed by atoms with Crippen molar-refractivity contribution < 1.29 is 9.90 Å². The van der Waals surface area contributed by atoms with Crippen molar-refractivity contribution in [1.29, 1.82) is 0 Å². The van der Waals surface area contributed by atoms with Crippen LogP contribution in [-0.4, -0.2) is 16.1 Å². The topological polar surface area (TPSA) is 62.2 Å².